The van der Waals surface area contributed by atoms with Crippen molar-refractivity contribution in [1.29, 1.82) is 0 Å². The number of carbonyl (C=O) groups is 1. The van der Waals surface area contributed by atoms with Crippen LogP contribution in [0, 0.1) is 24.2 Å². The monoisotopic (exact) mass is 503 g/mol. The van der Waals surface area contributed by atoms with Crippen molar-refractivity contribution in [1.82, 2.24) is 24.5 Å². The molecule has 190 valence electrons. The average Bonchev–Trinajstić information content (AvgIpc) is 3.23. The Balaban J connectivity index is 1.66. The van der Waals surface area contributed by atoms with Gasteiger partial charge in [0.15, 0.2) is 5.65 Å². The van der Waals surface area contributed by atoms with E-state index in [4.69, 9.17) is 0 Å². The predicted molar refractivity (Wildman–Crippen MR) is 149 cm³/mol. The van der Waals surface area contributed by atoms with E-state index in [1.54, 1.807) is 34.5 Å². The minimum Gasteiger partial charge on any atom is -0.344 e. The van der Waals surface area contributed by atoms with Gasteiger partial charge < -0.3 is 5.32 Å². The van der Waals surface area contributed by atoms with Crippen LogP contribution in [-0.2, 0) is 0 Å². The molecule has 0 bridgehead atoms. The molecule has 0 aliphatic rings. The lowest BCUT2D eigenvalue weighted by molar-refractivity contribution is 0.0939. The predicted octanol–water partition coefficient (Wildman–Crippen LogP) is 5.23. The molecule has 5 rings (SSSR count). The number of aromatic nitrogens is 4. The van der Waals surface area contributed by atoms with Crippen molar-refractivity contribution < 1.29 is 4.79 Å². The van der Waals surface area contributed by atoms with Gasteiger partial charge in [0.1, 0.15) is 5.56 Å². The normalized spacial score (nSPS) is 12.2. The van der Waals surface area contributed by atoms with E-state index < -0.39 is 6.04 Å². The third-order valence-electron chi connectivity index (χ3n) is 6.25. The molecule has 0 spiro atoms. The first-order valence-electron chi connectivity index (χ1n) is 12.5. The van der Waals surface area contributed by atoms with Crippen LogP contribution < -0.4 is 10.9 Å². The van der Waals surface area contributed by atoms with Gasteiger partial charge in [-0.2, -0.15) is 5.10 Å². The van der Waals surface area contributed by atoms with Gasteiger partial charge in [0, 0.05) is 34.8 Å². The summed E-state index contributed by atoms with van der Waals surface area (Å²) in [6.07, 6.45) is 3.39. The standard InChI is InChI=1S/C31H29N5O2/c1-20(33-29(37)26-21(2)34-35-18-10-17-32-28(26)35)25-19-23-12-9-11-22(15-16-31(3,4)5)27(23)30(38)36(25)24-13-7-6-8-14-24/h6-14,17-20H,1-5H3,(H,33,37). The van der Waals surface area contributed by atoms with Gasteiger partial charge in [0.05, 0.1) is 17.1 Å². The highest BCUT2D eigenvalue weighted by atomic mass is 16.2. The fourth-order valence-electron chi connectivity index (χ4n) is 4.51. The second-order valence-corrected chi connectivity index (χ2v) is 10.4. The van der Waals surface area contributed by atoms with Crippen LogP contribution >= 0.6 is 0 Å². The first-order valence-corrected chi connectivity index (χ1v) is 12.5. The highest BCUT2D eigenvalue weighted by Gasteiger charge is 2.23. The summed E-state index contributed by atoms with van der Waals surface area (Å²) in [5.74, 6) is 6.16. The molecule has 7 nitrogen and oxygen atoms in total. The van der Waals surface area contributed by atoms with Crippen molar-refractivity contribution in [3.05, 3.63) is 106 Å². The number of benzene rings is 2. The minimum atomic E-state index is -0.498. The van der Waals surface area contributed by atoms with Gasteiger partial charge in [0.2, 0.25) is 0 Å². The molecule has 1 unspecified atom stereocenters. The third-order valence-corrected chi connectivity index (χ3v) is 6.25. The van der Waals surface area contributed by atoms with Gasteiger partial charge >= 0.3 is 0 Å². The van der Waals surface area contributed by atoms with E-state index in [9.17, 15) is 9.59 Å². The molecule has 3 aromatic heterocycles. The number of rotatable bonds is 4. The molecule has 0 radical (unpaired) electrons. The SMILES string of the molecule is Cc1nn2cccnc2c1C(=O)NC(C)c1cc2cccc(C#CC(C)(C)C)c2c(=O)n1-c1ccccc1. The summed E-state index contributed by atoms with van der Waals surface area (Å²) in [4.78, 5) is 31.9. The largest absolute Gasteiger partial charge is 0.344 e. The zero-order valence-corrected chi connectivity index (χ0v) is 22.1. The average molecular weight is 504 g/mol. The number of carbonyl (C=O) groups excluding carboxylic acids is 1. The minimum absolute atomic E-state index is 0.183. The molecule has 0 aliphatic carbocycles. The Morgan fingerprint density at radius 1 is 1.05 bits per heavy atom. The molecule has 3 heterocycles. The van der Waals surface area contributed by atoms with Gasteiger partial charge in [-0.15, -0.1) is 0 Å². The Labute approximate surface area is 221 Å². The lowest BCUT2D eigenvalue weighted by Crippen LogP contribution is -2.32. The van der Waals surface area contributed by atoms with E-state index in [1.165, 1.54) is 0 Å². The van der Waals surface area contributed by atoms with Crippen molar-refractivity contribution >= 4 is 22.3 Å². The number of hydrogen-bond acceptors (Lipinski definition) is 4. The molecule has 7 heteroatoms. The molecule has 0 fully saturated rings. The van der Waals surface area contributed by atoms with Crippen molar-refractivity contribution in [2.75, 3.05) is 0 Å². The van der Waals surface area contributed by atoms with Crippen LogP contribution in [0.4, 0.5) is 0 Å². The van der Waals surface area contributed by atoms with Gasteiger partial charge in [-0.05, 0) is 70.3 Å². The number of para-hydroxylation sites is 1. The molecule has 0 saturated heterocycles. The number of aryl methyl sites for hydroxylation is 1. The Morgan fingerprint density at radius 3 is 2.55 bits per heavy atom. The summed E-state index contributed by atoms with van der Waals surface area (Å²) >= 11 is 0. The van der Waals surface area contributed by atoms with Crippen LogP contribution in [-0.4, -0.2) is 25.1 Å². The summed E-state index contributed by atoms with van der Waals surface area (Å²) in [7, 11) is 0. The second kappa shape index (κ2) is 9.64. The number of amides is 1. The van der Waals surface area contributed by atoms with Crippen molar-refractivity contribution in [3.8, 4) is 17.5 Å². The molecule has 1 amide bonds. The number of pyridine rings is 1. The Morgan fingerprint density at radius 2 is 1.82 bits per heavy atom. The molecule has 5 aromatic rings. The Bertz CT molecular complexity index is 1800. The van der Waals surface area contributed by atoms with Crippen LogP contribution in [0.3, 0.4) is 0 Å². The first-order chi connectivity index (χ1) is 18.1. The quantitative estimate of drug-likeness (QED) is 0.341. The molecular formula is C31H29N5O2. The van der Waals surface area contributed by atoms with Crippen LogP contribution in [0.2, 0.25) is 0 Å². The molecule has 0 aliphatic heterocycles. The van der Waals surface area contributed by atoms with Crippen molar-refractivity contribution in [2.24, 2.45) is 5.41 Å². The molecule has 38 heavy (non-hydrogen) atoms. The highest BCUT2D eigenvalue weighted by molar-refractivity contribution is 6.01. The fraction of sp³-hybridized carbons (Fsp3) is 0.226. The van der Waals surface area contributed by atoms with E-state index in [0.717, 1.165) is 5.39 Å². The zero-order valence-electron chi connectivity index (χ0n) is 22.1. The topological polar surface area (TPSA) is 81.3 Å². The van der Waals surface area contributed by atoms with E-state index in [1.807, 2.05) is 82.3 Å². The summed E-state index contributed by atoms with van der Waals surface area (Å²) in [6, 6.07) is 18.4. The molecular weight excluding hydrogens is 474 g/mol. The zero-order chi connectivity index (χ0) is 27.0. The number of fused-ring (bicyclic) bond motifs is 2. The molecule has 0 saturated carbocycles. The Hall–Kier alpha value is -4.70. The highest BCUT2D eigenvalue weighted by Crippen LogP contribution is 2.24. The lowest BCUT2D eigenvalue weighted by Gasteiger charge is -2.21. The summed E-state index contributed by atoms with van der Waals surface area (Å²) in [5, 5.41) is 8.80. The summed E-state index contributed by atoms with van der Waals surface area (Å²) in [6.45, 7) is 9.77. The van der Waals surface area contributed by atoms with E-state index in [-0.39, 0.29) is 16.9 Å². The second-order valence-electron chi connectivity index (χ2n) is 10.4. The maximum Gasteiger partial charge on any atom is 0.264 e. The maximum atomic E-state index is 14.1. The van der Waals surface area contributed by atoms with E-state index in [0.29, 0.717) is 39.2 Å². The smallest absolute Gasteiger partial charge is 0.264 e. The number of nitrogens with zero attached hydrogens (tertiary/aromatic N) is 4. The van der Waals surface area contributed by atoms with Crippen molar-refractivity contribution in [2.45, 2.75) is 40.7 Å². The van der Waals surface area contributed by atoms with Crippen LogP contribution in [0.25, 0.3) is 22.1 Å². The summed E-state index contributed by atoms with van der Waals surface area (Å²) < 4.78 is 3.25. The van der Waals surface area contributed by atoms with Crippen molar-refractivity contribution in [3.63, 3.8) is 0 Å². The van der Waals surface area contributed by atoms with Crippen LogP contribution in [0.15, 0.2) is 77.9 Å². The molecule has 1 N–H and O–H groups in total. The molecule has 2 aromatic carbocycles. The van der Waals surface area contributed by atoms with Gasteiger partial charge in [-0.25, -0.2) is 9.50 Å². The van der Waals surface area contributed by atoms with Gasteiger partial charge in [-0.1, -0.05) is 42.2 Å². The molecule has 1 atom stereocenters. The number of nitrogens with one attached hydrogen (secondary N) is 1. The van der Waals surface area contributed by atoms with Crippen LogP contribution in [0.1, 0.15) is 61.0 Å². The fourth-order valence-corrected chi connectivity index (χ4v) is 4.51. The third kappa shape index (κ3) is 4.69. The Kier molecular flexibility index (Phi) is 6.33. The van der Waals surface area contributed by atoms with E-state index in [2.05, 4.69) is 27.2 Å². The van der Waals surface area contributed by atoms with Gasteiger partial charge in [0.25, 0.3) is 11.5 Å². The van der Waals surface area contributed by atoms with Crippen LogP contribution in [0.5, 0.6) is 0 Å². The lowest BCUT2D eigenvalue weighted by atomic mass is 9.96. The maximum absolute atomic E-state index is 14.1. The van der Waals surface area contributed by atoms with E-state index >= 15 is 0 Å². The van der Waals surface area contributed by atoms with Gasteiger partial charge in [-0.3, -0.25) is 14.2 Å². The first kappa shape index (κ1) is 25.0. The summed E-state index contributed by atoms with van der Waals surface area (Å²) in [5.41, 5.74) is 3.13. The number of hydrogen-bond donors (Lipinski definition) is 1.